The highest BCUT2D eigenvalue weighted by molar-refractivity contribution is 6.31. The molecular formula is C28H34ClN7O3. The van der Waals surface area contributed by atoms with Crippen LogP contribution in [0, 0.1) is 6.92 Å². The van der Waals surface area contributed by atoms with Gasteiger partial charge in [0, 0.05) is 30.7 Å². The molecule has 0 fully saturated rings. The van der Waals surface area contributed by atoms with Crippen molar-refractivity contribution in [2.45, 2.75) is 45.9 Å². The van der Waals surface area contributed by atoms with Crippen LogP contribution in [0.2, 0.25) is 5.02 Å². The lowest BCUT2D eigenvalue weighted by Gasteiger charge is -2.25. The normalized spacial score (nSPS) is 12.2. The number of halogens is 1. The van der Waals surface area contributed by atoms with Crippen LogP contribution in [0.15, 0.2) is 48.7 Å². The van der Waals surface area contributed by atoms with Crippen LogP contribution in [0.1, 0.15) is 43.5 Å². The van der Waals surface area contributed by atoms with Crippen LogP contribution in [0.25, 0.3) is 11.0 Å². The Morgan fingerprint density at radius 1 is 1.13 bits per heavy atom. The smallest absolute Gasteiger partial charge is 0.408 e. The van der Waals surface area contributed by atoms with Gasteiger partial charge >= 0.3 is 6.09 Å². The molecule has 2 aromatic carbocycles. The molecule has 0 aliphatic rings. The number of para-hydroxylation sites is 1. The molecule has 11 heteroatoms. The van der Waals surface area contributed by atoms with Crippen molar-refractivity contribution < 1.29 is 14.3 Å². The lowest BCUT2D eigenvalue weighted by Crippen LogP contribution is -2.37. The number of ether oxygens (including phenoxy) is 2. The number of aromatic nitrogens is 4. The molecule has 0 radical (unpaired) electrons. The van der Waals surface area contributed by atoms with E-state index in [1.807, 2.05) is 77.2 Å². The van der Waals surface area contributed by atoms with Gasteiger partial charge in [-0.2, -0.15) is 15.1 Å². The van der Waals surface area contributed by atoms with Crippen LogP contribution in [-0.2, 0) is 18.3 Å². The van der Waals surface area contributed by atoms with Gasteiger partial charge in [-0.05, 0) is 51.0 Å². The van der Waals surface area contributed by atoms with Gasteiger partial charge < -0.3 is 25.4 Å². The largest absolute Gasteiger partial charge is 0.496 e. The van der Waals surface area contributed by atoms with Crippen molar-refractivity contribution in [3.8, 4) is 5.75 Å². The molecule has 39 heavy (non-hydrogen) atoms. The number of alkyl carbamates (subject to hydrolysis) is 1. The van der Waals surface area contributed by atoms with Gasteiger partial charge in [-0.1, -0.05) is 41.9 Å². The number of nitrogens with zero attached hydrogens (tertiary/aromatic N) is 4. The van der Waals surface area contributed by atoms with E-state index in [1.165, 1.54) is 0 Å². The number of carbonyl (C=O) groups is 1. The van der Waals surface area contributed by atoms with Crippen molar-refractivity contribution in [3.63, 3.8) is 0 Å². The van der Waals surface area contributed by atoms with Gasteiger partial charge in [-0.3, -0.25) is 4.68 Å². The summed E-state index contributed by atoms with van der Waals surface area (Å²) >= 11 is 6.31. The Labute approximate surface area is 233 Å². The number of aryl methyl sites for hydroxylation is 2. The van der Waals surface area contributed by atoms with Crippen molar-refractivity contribution in [2.24, 2.45) is 7.05 Å². The Hall–Kier alpha value is -4.05. The number of nitrogens with one attached hydrogen (secondary N) is 3. The summed E-state index contributed by atoms with van der Waals surface area (Å²) in [5.41, 5.74) is 2.85. The number of benzene rings is 2. The highest BCUT2D eigenvalue weighted by Crippen LogP contribution is 2.27. The van der Waals surface area contributed by atoms with Crippen molar-refractivity contribution >= 4 is 40.5 Å². The van der Waals surface area contributed by atoms with Gasteiger partial charge in [0.2, 0.25) is 5.95 Å². The Morgan fingerprint density at radius 3 is 2.62 bits per heavy atom. The van der Waals surface area contributed by atoms with E-state index in [9.17, 15) is 4.79 Å². The maximum Gasteiger partial charge on any atom is 0.408 e. The molecule has 0 bridgehead atoms. The average molecular weight is 552 g/mol. The van der Waals surface area contributed by atoms with E-state index in [1.54, 1.807) is 18.0 Å². The molecule has 0 aliphatic heterocycles. The first-order chi connectivity index (χ1) is 18.5. The Balaban J connectivity index is 1.59. The van der Waals surface area contributed by atoms with Crippen molar-refractivity contribution in [2.75, 3.05) is 24.3 Å². The van der Waals surface area contributed by atoms with E-state index in [-0.39, 0.29) is 6.54 Å². The van der Waals surface area contributed by atoms with Crippen molar-refractivity contribution in [1.29, 1.82) is 0 Å². The zero-order valence-corrected chi connectivity index (χ0v) is 23.8. The molecule has 206 valence electrons. The molecule has 10 nitrogen and oxygen atoms in total. The standard InChI is InChI=1S/C28H34ClN7O3/c1-17-11-12-18(13-21(17)29)14-30-24-20-15-32-36(5)25(20)35-26(34-24)31-16-22(33-27(37)39-28(2,3)4)19-9-7-8-10-23(19)38-6/h7-13,15,22H,14,16H2,1-6H3,(H,33,37)(H2,30,31,34,35). The van der Waals surface area contributed by atoms with Gasteiger partial charge in [0.25, 0.3) is 0 Å². The lowest BCUT2D eigenvalue weighted by molar-refractivity contribution is 0.0506. The summed E-state index contributed by atoms with van der Waals surface area (Å²) < 4.78 is 12.7. The van der Waals surface area contributed by atoms with Crippen LogP contribution >= 0.6 is 11.6 Å². The fourth-order valence-corrected chi connectivity index (χ4v) is 4.21. The second-order valence-electron chi connectivity index (χ2n) is 10.2. The molecule has 1 amide bonds. The predicted octanol–water partition coefficient (Wildman–Crippen LogP) is 5.62. The maximum atomic E-state index is 12.7. The Bertz CT molecular complexity index is 1470. The van der Waals surface area contributed by atoms with E-state index in [0.717, 1.165) is 22.1 Å². The van der Waals surface area contributed by atoms with Crippen molar-refractivity contribution in [3.05, 3.63) is 70.4 Å². The molecule has 2 aromatic heterocycles. The minimum Gasteiger partial charge on any atom is -0.496 e. The summed E-state index contributed by atoms with van der Waals surface area (Å²) in [6.45, 7) is 8.22. The molecule has 2 heterocycles. The fourth-order valence-electron chi connectivity index (χ4n) is 4.00. The summed E-state index contributed by atoms with van der Waals surface area (Å²) in [5, 5.41) is 15.5. The van der Waals surface area contributed by atoms with Gasteiger partial charge in [0.15, 0.2) is 5.65 Å². The SMILES string of the molecule is COc1ccccc1C(CNc1nc(NCc2ccc(C)c(Cl)c2)c2cnn(C)c2n1)NC(=O)OC(C)(C)C. The van der Waals surface area contributed by atoms with Gasteiger partial charge in [0.1, 0.15) is 17.2 Å². The third-order valence-corrected chi connectivity index (χ3v) is 6.37. The first kappa shape index (κ1) is 28.0. The number of rotatable bonds is 9. The third kappa shape index (κ3) is 7.08. The Kier molecular flexibility index (Phi) is 8.44. The highest BCUT2D eigenvalue weighted by atomic mass is 35.5. The molecular weight excluding hydrogens is 518 g/mol. The molecule has 4 aromatic rings. The second-order valence-corrected chi connectivity index (χ2v) is 10.6. The molecule has 0 saturated heterocycles. The number of amides is 1. The second kappa shape index (κ2) is 11.8. The van der Waals surface area contributed by atoms with E-state index in [4.69, 9.17) is 26.1 Å². The third-order valence-electron chi connectivity index (χ3n) is 5.96. The lowest BCUT2D eigenvalue weighted by atomic mass is 10.1. The molecule has 1 unspecified atom stereocenters. The summed E-state index contributed by atoms with van der Waals surface area (Å²) in [6, 6.07) is 13.0. The minimum absolute atomic E-state index is 0.274. The number of anilines is 2. The maximum absolute atomic E-state index is 12.7. The first-order valence-electron chi connectivity index (χ1n) is 12.6. The topological polar surface area (TPSA) is 115 Å². The van der Waals surface area contributed by atoms with Gasteiger partial charge in [-0.15, -0.1) is 0 Å². The quantitative estimate of drug-likeness (QED) is 0.245. The number of hydrogen-bond acceptors (Lipinski definition) is 8. The number of fused-ring (bicyclic) bond motifs is 1. The van der Waals surface area contributed by atoms with Crippen molar-refractivity contribution in [1.82, 2.24) is 25.1 Å². The molecule has 3 N–H and O–H groups in total. The zero-order valence-electron chi connectivity index (χ0n) is 23.0. The summed E-state index contributed by atoms with van der Waals surface area (Å²) in [5.74, 6) is 1.64. The summed E-state index contributed by atoms with van der Waals surface area (Å²) in [6.07, 6.45) is 1.19. The predicted molar refractivity (Wildman–Crippen MR) is 153 cm³/mol. The van der Waals surface area contributed by atoms with Gasteiger partial charge in [0.05, 0.1) is 24.7 Å². The molecule has 1 atom stereocenters. The number of methoxy groups -OCH3 is 1. The number of carbonyl (C=O) groups excluding carboxylic acids is 1. The van der Waals surface area contributed by atoms with Crippen LogP contribution in [0.5, 0.6) is 5.75 Å². The van der Waals surface area contributed by atoms with E-state index < -0.39 is 17.7 Å². The monoisotopic (exact) mass is 551 g/mol. The number of hydrogen-bond donors (Lipinski definition) is 3. The summed E-state index contributed by atoms with van der Waals surface area (Å²) in [7, 11) is 3.42. The molecule has 0 aliphatic carbocycles. The first-order valence-corrected chi connectivity index (χ1v) is 13.0. The highest BCUT2D eigenvalue weighted by Gasteiger charge is 2.23. The zero-order chi connectivity index (χ0) is 28.2. The van der Waals surface area contributed by atoms with Gasteiger partial charge in [-0.25, -0.2) is 4.79 Å². The molecule has 0 saturated carbocycles. The molecule has 4 rings (SSSR count). The van der Waals surface area contributed by atoms with E-state index in [2.05, 4.69) is 26.0 Å². The Morgan fingerprint density at radius 2 is 1.90 bits per heavy atom. The van der Waals surface area contributed by atoms with E-state index in [0.29, 0.717) is 34.7 Å². The van der Waals surface area contributed by atoms with Crippen LogP contribution in [0.4, 0.5) is 16.6 Å². The van der Waals surface area contributed by atoms with E-state index >= 15 is 0 Å². The summed E-state index contributed by atoms with van der Waals surface area (Å²) in [4.78, 5) is 22.1. The van der Waals surface area contributed by atoms with Crippen LogP contribution < -0.4 is 20.7 Å². The fraction of sp³-hybridized carbons (Fsp3) is 0.357. The average Bonchev–Trinajstić information content (AvgIpc) is 3.26. The minimum atomic E-state index is -0.640. The molecule has 0 spiro atoms. The van der Waals surface area contributed by atoms with Crippen LogP contribution in [0.3, 0.4) is 0 Å². The van der Waals surface area contributed by atoms with Crippen LogP contribution in [-0.4, -0.2) is 45.1 Å².